The van der Waals surface area contributed by atoms with E-state index in [0.29, 0.717) is 19.3 Å². The predicted molar refractivity (Wildman–Crippen MR) is 111 cm³/mol. The van der Waals surface area contributed by atoms with Crippen LogP contribution in [0.3, 0.4) is 0 Å². The van der Waals surface area contributed by atoms with E-state index in [0.717, 1.165) is 18.2 Å². The fraction of sp³-hybridized carbons (Fsp3) is 0.300. The molecular formula is C20H21F2N3O6S. The standard InChI is InChI=1S/C20H21F2N3O6S/c21-14-9-13(10-15(22)11-14)19(27)24-16-1-2-17(18(26)12-16)20(28)23-3-8-32(29,30)25-4-6-31-7-5-25/h1-2,9-12,26H,3-8H2,(H,23,28)(H,24,27). The van der Waals surface area contributed by atoms with Gasteiger partial charge in [0.05, 0.1) is 24.5 Å². The first-order valence-electron chi connectivity index (χ1n) is 9.60. The van der Waals surface area contributed by atoms with Crippen LogP contribution in [0, 0.1) is 11.6 Å². The zero-order chi connectivity index (χ0) is 23.3. The van der Waals surface area contributed by atoms with Crippen molar-refractivity contribution in [1.29, 1.82) is 0 Å². The van der Waals surface area contributed by atoms with Crippen molar-refractivity contribution >= 4 is 27.5 Å². The molecule has 3 rings (SSSR count). The summed E-state index contributed by atoms with van der Waals surface area (Å²) in [6.07, 6.45) is 0. The molecule has 3 N–H and O–H groups in total. The number of hydrogen-bond acceptors (Lipinski definition) is 6. The summed E-state index contributed by atoms with van der Waals surface area (Å²) in [4.78, 5) is 24.4. The number of benzene rings is 2. The lowest BCUT2D eigenvalue weighted by molar-refractivity contribution is 0.0730. The zero-order valence-electron chi connectivity index (χ0n) is 16.8. The molecule has 0 atom stereocenters. The van der Waals surface area contributed by atoms with E-state index in [1.54, 1.807) is 0 Å². The van der Waals surface area contributed by atoms with E-state index in [1.165, 1.54) is 16.4 Å². The Morgan fingerprint density at radius 1 is 1.03 bits per heavy atom. The second-order valence-electron chi connectivity index (χ2n) is 6.93. The molecule has 0 bridgehead atoms. The van der Waals surface area contributed by atoms with Crippen molar-refractivity contribution in [1.82, 2.24) is 9.62 Å². The van der Waals surface area contributed by atoms with Crippen molar-refractivity contribution in [2.24, 2.45) is 0 Å². The summed E-state index contributed by atoms with van der Waals surface area (Å²) in [5.74, 6) is -4.13. The van der Waals surface area contributed by atoms with E-state index >= 15 is 0 Å². The number of ether oxygens (including phenoxy) is 1. The van der Waals surface area contributed by atoms with Crippen LogP contribution in [-0.2, 0) is 14.8 Å². The minimum absolute atomic E-state index is 0.0867. The minimum atomic E-state index is -3.55. The van der Waals surface area contributed by atoms with Gasteiger partial charge in [0.1, 0.15) is 17.4 Å². The van der Waals surface area contributed by atoms with Crippen molar-refractivity contribution in [2.75, 3.05) is 43.9 Å². The topological polar surface area (TPSA) is 125 Å². The number of carbonyl (C=O) groups is 2. The Labute approximate surface area is 183 Å². The van der Waals surface area contributed by atoms with Crippen molar-refractivity contribution in [3.63, 3.8) is 0 Å². The van der Waals surface area contributed by atoms with Gasteiger partial charge in [-0.2, -0.15) is 4.31 Å². The molecule has 0 spiro atoms. The number of phenolic OH excluding ortho intramolecular Hbond substituents is 1. The van der Waals surface area contributed by atoms with Crippen LogP contribution in [0.25, 0.3) is 0 Å². The largest absolute Gasteiger partial charge is 0.507 e. The third kappa shape index (κ3) is 5.99. The van der Waals surface area contributed by atoms with Gasteiger partial charge in [-0.05, 0) is 24.3 Å². The van der Waals surface area contributed by atoms with E-state index in [9.17, 15) is 31.9 Å². The Morgan fingerprint density at radius 3 is 2.31 bits per heavy atom. The summed E-state index contributed by atoms with van der Waals surface area (Å²) in [6.45, 7) is 0.980. The lowest BCUT2D eigenvalue weighted by atomic mass is 10.1. The molecule has 32 heavy (non-hydrogen) atoms. The van der Waals surface area contributed by atoms with E-state index in [4.69, 9.17) is 4.74 Å². The quantitative estimate of drug-likeness (QED) is 0.562. The molecular weight excluding hydrogens is 448 g/mol. The molecule has 1 fully saturated rings. The Morgan fingerprint density at radius 2 is 1.69 bits per heavy atom. The molecule has 172 valence electrons. The number of morpholine rings is 1. The Balaban J connectivity index is 1.58. The van der Waals surface area contributed by atoms with E-state index in [1.807, 2.05) is 0 Å². The molecule has 9 nitrogen and oxygen atoms in total. The van der Waals surface area contributed by atoms with Crippen LogP contribution in [0.15, 0.2) is 36.4 Å². The maximum absolute atomic E-state index is 13.3. The van der Waals surface area contributed by atoms with E-state index < -0.39 is 39.2 Å². The highest BCUT2D eigenvalue weighted by Crippen LogP contribution is 2.23. The third-order valence-corrected chi connectivity index (χ3v) is 6.51. The molecule has 0 aliphatic carbocycles. The number of halogens is 2. The van der Waals surface area contributed by atoms with Crippen LogP contribution in [-0.4, -0.2) is 68.2 Å². The van der Waals surface area contributed by atoms with Crippen LogP contribution < -0.4 is 10.6 Å². The fourth-order valence-electron chi connectivity index (χ4n) is 3.03. The number of hydrogen-bond donors (Lipinski definition) is 3. The van der Waals surface area contributed by atoms with E-state index in [2.05, 4.69) is 10.6 Å². The number of amides is 2. The van der Waals surface area contributed by atoms with Crippen molar-refractivity contribution in [3.8, 4) is 5.75 Å². The van der Waals surface area contributed by atoms with Gasteiger partial charge >= 0.3 is 0 Å². The summed E-state index contributed by atoms with van der Waals surface area (Å²) in [5.41, 5.74) is -0.308. The summed E-state index contributed by atoms with van der Waals surface area (Å²) in [7, 11) is -3.55. The van der Waals surface area contributed by atoms with Crippen LogP contribution >= 0.6 is 0 Å². The van der Waals surface area contributed by atoms with Gasteiger partial charge in [0.25, 0.3) is 11.8 Å². The average Bonchev–Trinajstić information content (AvgIpc) is 2.73. The predicted octanol–water partition coefficient (Wildman–Crippen LogP) is 1.31. The molecule has 2 amide bonds. The number of nitrogens with one attached hydrogen (secondary N) is 2. The maximum Gasteiger partial charge on any atom is 0.255 e. The van der Waals surface area contributed by atoms with Gasteiger partial charge in [-0.25, -0.2) is 17.2 Å². The first kappa shape index (κ1) is 23.6. The second-order valence-corrected chi connectivity index (χ2v) is 9.02. The fourth-order valence-corrected chi connectivity index (χ4v) is 4.36. The normalized spacial score (nSPS) is 14.7. The minimum Gasteiger partial charge on any atom is -0.507 e. The summed E-state index contributed by atoms with van der Waals surface area (Å²) >= 11 is 0. The Kier molecular flexibility index (Phi) is 7.38. The molecule has 2 aromatic rings. The van der Waals surface area contributed by atoms with E-state index in [-0.39, 0.29) is 42.2 Å². The highest BCUT2D eigenvalue weighted by Gasteiger charge is 2.24. The lowest BCUT2D eigenvalue weighted by Crippen LogP contribution is -2.43. The van der Waals surface area contributed by atoms with Gasteiger partial charge in [0.15, 0.2) is 0 Å². The number of anilines is 1. The molecule has 1 aliphatic heterocycles. The lowest BCUT2D eigenvalue weighted by Gasteiger charge is -2.26. The number of carbonyl (C=O) groups excluding carboxylic acids is 2. The molecule has 0 radical (unpaired) electrons. The summed E-state index contributed by atoms with van der Waals surface area (Å²) in [6, 6.07) is 5.96. The zero-order valence-corrected chi connectivity index (χ0v) is 17.6. The molecule has 0 aromatic heterocycles. The number of phenols is 1. The Hall–Kier alpha value is -3.09. The van der Waals surface area contributed by atoms with Crippen LogP contribution in [0.5, 0.6) is 5.75 Å². The number of sulfonamides is 1. The van der Waals surface area contributed by atoms with Gasteiger partial charge in [-0.1, -0.05) is 0 Å². The van der Waals surface area contributed by atoms with Gasteiger partial charge in [-0.3, -0.25) is 9.59 Å². The number of aromatic hydroxyl groups is 1. The smallest absolute Gasteiger partial charge is 0.255 e. The van der Waals surface area contributed by atoms with Crippen molar-refractivity contribution in [2.45, 2.75) is 0 Å². The molecule has 1 heterocycles. The Bertz CT molecular complexity index is 1100. The monoisotopic (exact) mass is 469 g/mol. The number of rotatable bonds is 7. The SMILES string of the molecule is O=C(Nc1ccc(C(=O)NCCS(=O)(=O)N2CCOCC2)c(O)c1)c1cc(F)cc(F)c1. The van der Waals surface area contributed by atoms with Crippen LogP contribution in [0.2, 0.25) is 0 Å². The molecule has 0 unspecified atom stereocenters. The molecule has 0 saturated carbocycles. The van der Waals surface area contributed by atoms with Gasteiger partial charge in [0.2, 0.25) is 10.0 Å². The van der Waals surface area contributed by atoms with Gasteiger partial charge in [0, 0.05) is 43.0 Å². The summed E-state index contributed by atoms with van der Waals surface area (Å²) < 4.78 is 57.5. The molecule has 1 aliphatic rings. The number of nitrogens with zero attached hydrogens (tertiary/aromatic N) is 1. The highest BCUT2D eigenvalue weighted by atomic mass is 32.2. The van der Waals surface area contributed by atoms with Crippen LogP contribution in [0.4, 0.5) is 14.5 Å². The molecule has 12 heteroatoms. The molecule has 2 aromatic carbocycles. The molecule has 1 saturated heterocycles. The third-order valence-electron chi connectivity index (χ3n) is 4.63. The summed E-state index contributed by atoms with van der Waals surface area (Å²) in [5, 5.41) is 14.9. The van der Waals surface area contributed by atoms with Crippen LogP contribution in [0.1, 0.15) is 20.7 Å². The maximum atomic E-state index is 13.3. The first-order valence-corrected chi connectivity index (χ1v) is 11.2. The average molecular weight is 469 g/mol. The van der Waals surface area contributed by atoms with Gasteiger partial charge < -0.3 is 20.5 Å². The second kappa shape index (κ2) is 10.0. The first-order chi connectivity index (χ1) is 15.2. The highest BCUT2D eigenvalue weighted by molar-refractivity contribution is 7.89. The van der Waals surface area contributed by atoms with Gasteiger partial charge in [-0.15, -0.1) is 0 Å². The van der Waals surface area contributed by atoms with Crippen molar-refractivity contribution < 1.29 is 36.6 Å². The van der Waals surface area contributed by atoms with Crippen molar-refractivity contribution in [3.05, 3.63) is 59.2 Å².